The van der Waals surface area contributed by atoms with Gasteiger partial charge in [0.25, 0.3) is 0 Å². The number of benzene rings is 1. The molecular formula is C14H20O4. The molecule has 0 fully saturated rings. The number of rotatable bonds is 7. The van der Waals surface area contributed by atoms with Crippen LogP contribution in [0.3, 0.4) is 0 Å². The summed E-state index contributed by atoms with van der Waals surface area (Å²) in [6.45, 7) is 1.97. The van der Waals surface area contributed by atoms with Crippen molar-refractivity contribution in [2.45, 2.75) is 32.6 Å². The van der Waals surface area contributed by atoms with E-state index in [9.17, 15) is 4.79 Å². The predicted molar refractivity (Wildman–Crippen MR) is 69.5 cm³/mol. The van der Waals surface area contributed by atoms with E-state index in [4.69, 9.17) is 14.6 Å². The Labute approximate surface area is 108 Å². The van der Waals surface area contributed by atoms with Crippen molar-refractivity contribution in [1.82, 2.24) is 0 Å². The third kappa shape index (κ3) is 3.95. The fourth-order valence-corrected chi connectivity index (χ4v) is 1.90. The molecule has 0 aromatic heterocycles. The van der Waals surface area contributed by atoms with Gasteiger partial charge in [-0.2, -0.15) is 0 Å². The highest BCUT2D eigenvalue weighted by atomic mass is 16.5. The molecule has 4 nitrogen and oxygen atoms in total. The van der Waals surface area contributed by atoms with E-state index in [0.717, 1.165) is 35.5 Å². The number of aliphatic carboxylic acids is 1. The summed E-state index contributed by atoms with van der Waals surface area (Å²) in [5.74, 6) is 0.927. The molecule has 0 radical (unpaired) electrons. The number of hydrogen-bond acceptors (Lipinski definition) is 3. The van der Waals surface area contributed by atoms with E-state index < -0.39 is 5.97 Å². The second kappa shape index (κ2) is 6.89. The number of carboxylic acid groups (broad SMARTS) is 1. The van der Waals surface area contributed by atoms with Crippen LogP contribution < -0.4 is 9.47 Å². The molecule has 0 aliphatic carbocycles. The van der Waals surface area contributed by atoms with E-state index in [0.29, 0.717) is 6.42 Å². The number of ether oxygens (including phenoxy) is 2. The van der Waals surface area contributed by atoms with Crippen molar-refractivity contribution in [1.29, 1.82) is 0 Å². The summed E-state index contributed by atoms with van der Waals surface area (Å²) in [5, 5.41) is 8.59. The van der Waals surface area contributed by atoms with Gasteiger partial charge in [-0.1, -0.05) is 0 Å². The first-order valence-corrected chi connectivity index (χ1v) is 6.01. The Morgan fingerprint density at radius 1 is 1.17 bits per heavy atom. The van der Waals surface area contributed by atoms with Gasteiger partial charge >= 0.3 is 5.97 Å². The van der Waals surface area contributed by atoms with Gasteiger partial charge in [0.15, 0.2) is 0 Å². The largest absolute Gasteiger partial charge is 0.496 e. The summed E-state index contributed by atoms with van der Waals surface area (Å²) in [6, 6.07) is 3.92. The maximum atomic E-state index is 10.4. The first-order valence-electron chi connectivity index (χ1n) is 6.01. The number of hydrogen-bond donors (Lipinski definition) is 1. The highest BCUT2D eigenvalue weighted by Crippen LogP contribution is 2.29. The lowest BCUT2D eigenvalue weighted by Gasteiger charge is -2.12. The average molecular weight is 252 g/mol. The minimum Gasteiger partial charge on any atom is -0.496 e. The second-order valence-electron chi connectivity index (χ2n) is 4.23. The van der Waals surface area contributed by atoms with Crippen LogP contribution in [0.1, 0.15) is 30.4 Å². The molecule has 0 saturated heterocycles. The Hall–Kier alpha value is -1.71. The Morgan fingerprint density at radius 2 is 1.83 bits per heavy atom. The van der Waals surface area contributed by atoms with Crippen molar-refractivity contribution < 1.29 is 19.4 Å². The van der Waals surface area contributed by atoms with E-state index in [-0.39, 0.29) is 6.42 Å². The van der Waals surface area contributed by atoms with Crippen molar-refractivity contribution in [3.05, 3.63) is 23.3 Å². The minimum atomic E-state index is -0.747. The van der Waals surface area contributed by atoms with Crippen LogP contribution in [0.2, 0.25) is 0 Å². The van der Waals surface area contributed by atoms with Crippen molar-refractivity contribution in [2.24, 2.45) is 0 Å². The van der Waals surface area contributed by atoms with Gasteiger partial charge in [-0.25, -0.2) is 0 Å². The normalized spacial score (nSPS) is 10.2. The Bertz CT molecular complexity index is 413. The summed E-state index contributed by atoms with van der Waals surface area (Å²) in [5.41, 5.74) is 2.09. The van der Waals surface area contributed by atoms with Crippen LogP contribution in [0.15, 0.2) is 12.1 Å². The molecule has 0 bridgehead atoms. The van der Waals surface area contributed by atoms with E-state index in [1.807, 2.05) is 19.1 Å². The molecule has 0 spiro atoms. The van der Waals surface area contributed by atoms with Crippen molar-refractivity contribution >= 4 is 5.97 Å². The van der Waals surface area contributed by atoms with Crippen molar-refractivity contribution in [2.75, 3.05) is 14.2 Å². The molecule has 1 N–H and O–H groups in total. The molecule has 0 saturated carbocycles. The van der Waals surface area contributed by atoms with Gasteiger partial charge in [-0.05, 0) is 49.4 Å². The van der Waals surface area contributed by atoms with Crippen LogP contribution >= 0.6 is 0 Å². The van der Waals surface area contributed by atoms with Crippen molar-refractivity contribution in [3.8, 4) is 11.5 Å². The predicted octanol–water partition coefficient (Wildman–Crippen LogP) is 2.81. The fourth-order valence-electron chi connectivity index (χ4n) is 1.90. The maximum Gasteiger partial charge on any atom is 0.303 e. The average Bonchev–Trinajstić information content (AvgIpc) is 2.35. The molecule has 18 heavy (non-hydrogen) atoms. The Morgan fingerprint density at radius 3 is 2.39 bits per heavy atom. The molecule has 1 aromatic rings. The lowest BCUT2D eigenvalue weighted by molar-refractivity contribution is -0.137. The number of carboxylic acids is 1. The number of carbonyl (C=O) groups is 1. The molecule has 0 atom stereocenters. The van der Waals surface area contributed by atoms with Crippen LogP contribution in [0.25, 0.3) is 0 Å². The van der Waals surface area contributed by atoms with Crippen LogP contribution in [0.4, 0.5) is 0 Å². The van der Waals surface area contributed by atoms with E-state index in [2.05, 4.69) is 0 Å². The summed E-state index contributed by atoms with van der Waals surface area (Å²) >= 11 is 0. The van der Waals surface area contributed by atoms with Crippen LogP contribution in [-0.2, 0) is 11.2 Å². The minimum absolute atomic E-state index is 0.214. The Kier molecular flexibility index (Phi) is 5.49. The van der Waals surface area contributed by atoms with Crippen LogP contribution in [0.5, 0.6) is 11.5 Å². The van der Waals surface area contributed by atoms with Crippen LogP contribution in [-0.4, -0.2) is 25.3 Å². The maximum absolute atomic E-state index is 10.4. The molecule has 4 heteroatoms. The third-order valence-electron chi connectivity index (χ3n) is 2.88. The van der Waals surface area contributed by atoms with Gasteiger partial charge in [-0.15, -0.1) is 0 Å². The number of unbranched alkanes of at least 4 members (excludes halogenated alkanes) is 1. The smallest absolute Gasteiger partial charge is 0.303 e. The monoisotopic (exact) mass is 252 g/mol. The first-order chi connectivity index (χ1) is 8.58. The number of methoxy groups -OCH3 is 2. The molecule has 0 unspecified atom stereocenters. The summed E-state index contributed by atoms with van der Waals surface area (Å²) in [4.78, 5) is 10.4. The topological polar surface area (TPSA) is 55.8 Å². The molecular weight excluding hydrogens is 232 g/mol. The van der Waals surface area contributed by atoms with E-state index >= 15 is 0 Å². The zero-order valence-corrected chi connectivity index (χ0v) is 11.2. The fraction of sp³-hybridized carbons (Fsp3) is 0.500. The SMILES string of the molecule is COc1cc(CCCCC(=O)O)c(OC)cc1C. The second-order valence-corrected chi connectivity index (χ2v) is 4.23. The molecule has 0 aliphatic rings. The third-order valence-corrected chi connectivity index (χ3v) is 2.88. The highest BCUT2D eigenvalue weighted by Gasteiger charge is 2.08. The lowest BCUT2D eigenvalue weighted by Crippen LogP contribution is -1.98. The first kappa shape index (κ1) is 14.4. The Balaban J connectivity index is 2.70. The van der Waals surface area contributed by atoms with Gasteiger partial charge in [-0.3, -0.25) is 4.79 Å². The van der Waals surface area contributed by atoms with Crippen molar-refractivity contribution in [3.63, 3.8) is 0 Å². The lowest BCUT2D eigenvalue weighted by atomic mass is 10.0. The standard InChI is InChI=1S/C14H20O4/c1-10-8-13(18-3)11(9-12(10)17-2)6-4-5-7-14(15)16/h8-9H,4-7H2,1-3H3,(H,15,16). The van der Waals surface area contributed by atoms with E-state index in [1.165, 1.54) is 0 Å². The summed E-state index contributed by atoms with van der Waals surface area (Å²) in [7, 11) is 3.28. The van der Waals surface area contributed by atoms with Gasteiger partial charge < -0.3 is 14.6 Å². The molecule has 1 rings (SSSR count). The molecule has 0 aliphatic heterocycles. The zero-order valence-electron chi connectivity index (χ0n) is 11.2. The molecule has 0 heterocycles. The van der Waals surface area contributed by atoms with Crippen LogP contribution in [0, 0.1) is 6.92 Å². The number of aryl methyl sites for hydroxylation is 2. The van der Waals surface area contributed by atoms with Gasteiger partial charge in [0, 0.05) is 6.42 Å². The van der Waals surface area contributed by atoms with Gasteiger partial charge in [0.1, 0.15) is 11.5 Å². The summed E-state index contributed by atoms with van der Waals surface area (Å²) in [6.07, 6.45) is 2.52. The van der Waals surface area contributed by atoms with Gasteiger partial charge in [0.2, 0.25) is 0 Å². The van der Waals surface area contributed by atoms with E-state index in [1.54, 1.807) is 14.2 Å². The van der Waals surface area contributed by atoms with Gasteiger partial charge in [0.05, 0.1) is 14.2 Å². The highest BCUT2D eigenvalue weighted by molar-refractivity contribution is 5.66. The quantitative estimate of drug-likeness (QED) is 0.758. The summed E-state index contributed by atoms with van der Waals surface area (Å²) < 4.78 is 10.6. The zero-order chi connectivity index (χ0) is 13.5. The molecule has 100 valence electrons. The molecule has 1 aromatic carbocycles. The molecule has 0 amide bonds.